The summed E-state index contributed by atoms with van der Waals surface area (Å²) in [5, 5.41) is 0.537. The molecular weight excluding hydrogens is 563 g/mol. The van der Waals surface area contributed by atoms with Gasteiger partial charge < -0.3 is 0 Å². The zero-order valence-corrected chi connectivity index (χ0v) is 25.7. The summed E-state index contributed by atoms with van der Waals surface area (Å²) in [4.78, 5) is 35.9. The summed E-state index contributed by atoms with van der Waals surface area (Å²) in [5.41, 5.74) is 7.21. The van der Waals surface area contributed by atoms with Crippen LogP contribution < -0.4 is 10.5 Å². The summed E-state index contributed by atoms with van der Waals surface area (Å²) in [6, 6.07) is 35.8. The van der Waals surface area contributed by atoms with Crippen LogP contribution >= 0.6 is 11.8 Å². The van der Waals surface area contributed by atoms with Gasteiger partial charge in [-0.2, -0.15) is 0 Å². The Kier molecular flexibility index (Phi) is 7.69. The summed E-state index contributed by atoms with van der Waals surface area (Å²) in [6.45, 7) is 2.04. The number of nitrogens with zero attached hydrogens (tertiary/aromatic N) is 3. The molecule has 0 unspecified atom stereocenters. The molecule has 7 rings (SSSR count). The number of carbonyl (C=O) groups is 1. The number of hydrogen-bond donors (Lipinski definition) is 0. The van der Waals surface area contributed by atoms with E-state index in [1.165, 1.54) is 23.7 Å². The molecule has 4 aromatic carbocycles. The quantitative estimate of drug-likeness (QED) is 0.146. The molecule has 0 atom stereocenters. The number of hydrogen-bond acceptors (Lipinski definition) is 4. The molecule has 44 heavy (non-hydrogen) atoms. The molecule has 1 heterocycles. The van der Waals surface area contributed by atoms with Crippen LogP contribution in [-0.4, -0.2) is 21.2 Å². The Hall–Kier alpha value is -4.42. The highest BCUT2D eigenvalue weighted by Crippen LogP contribution is 2.49. The number of rotatable bonds is 6. The molecular formula is C38H35N3O2S. The molecule has 0 aliphatic heterocycles. The van der Waals surface area contributed by atoms with E-state index in [-0.39, 0.29) is 22.6 Å². The number of benzene rings is 4. The fourth-order valence-corrected chi connectivity index (χ4v) is 7.84. The van der Waals surface area contributed by atoms with Gasteiger partial charge >= 0.3 is 0 Å². The van der Waals surface area contributed by atoms with Gasteiger partial charge in [0.15, 0.2) is 5.16 Å². The molecule has 0 saturated heterocycles. The minimum Gasteiger partial charge on any atom is -0.280 e. The number of carbonyl (C=O) groups excluding carboxylic acids is 1. The van der Waals surface area contributed by atoms with Gasteiger partial charge in [-0.1, -0.05) is 109 Å². The fraction of sp³-hybridized carbons (Fsp3) is 0.237. The van der Waals surface area contributed by atoms with Gasteiger partial charge in [-0.25, -0.2) is 4.98 Å². The van der Waals surface area contributed by atoms with E-state index in [0.29, 0.717) is 5.16 Å². The van der Waals surface area contributed by atoms with Crippen molar-refractivity contribution in [3.05, 3.63) is 136 Å². The second-order valence-corrected chi connectivity index (χ2v) is 12.9. The van der Waals surface area contributed by atoms with Crippen molar-refractivity contribution >= 4 is 29.0 Å². The van der Waals surface area contributed by atoms with Crippen molar-refractivity contribution in [2.75, 3.05) is 10.7 Å². The Morgan fingerprint density at radius 2 is 1.43 bits per heavy atom. The Bertz CT molecular complexity index is 1820. The SMILES string of the molecule is Cc1ccc(-n2c(SCC(=O)N(c3ccccc3)c3ccccc3)nc3c(c2=O)C2(CCCCC2)Cc2ccccc2-3)cc1. The lowest BCUT2D eigenvalue weighted by Crippen LogP contribution is -2.43. The van der Waals surface area contributed by atoms with E-state index in [4.69, 9.17) is 4.98 Å². The molecule has 1 spiro atoms. The molecule has 0 radical (unpaired) electrons. The van der Waals surface area contributed by atoms with Crippen molar-refractivity contribution in [3.63, 3.8) is 0 Å². The van der Waals surface area contributed by atoms with Gasteiger partial charge in [0.05, 0.1) is 22.7 Å². The van der Waals surface area contributed by atoms with E-state index in [1.807, 2.05) is 97.9 Å². The number of aromatic nitrogens is 2. The van der Waals surface area contributed by atoms with Crippen LogP contribution in [0, 0.1) is 6.92 Å². The van der Waals surface area contributed by atoms with Crippen LogP contribution in [0.1, 0.15) is 48.8 Å². The lowest BCUT2D eigenvalue weighted by molar-refractivity contribution is -0.115. The number of fused-ring (bicyclic) bond motifs is 4. The van der Waals surface area contributed by atoms with Crippen LogP contribution in [0.5, 0.6) is 0 Å². The molecule has 1 amide bonds. The van der Waals surface area contributed by atoms with E-state index in [0.717, 1.165) is 71.6 Å². The van der Waals surface area contributed by atoms with Gasteiger partial charge in [0.2, 0.25) is 5.91 Å². The van der Waals surface area contributed by atoms with Crippen molar-refractivity contribution in [1.82, 2.24) is 9.55 Å². The third kappa shape index (κ3) is 5.17. The van der Waals surface area contributed by atoms with Crippen molar-refractivity contribution in [3.8, 4) is 16.9 Å². The zero-order valence-electron chi connectivity index (χ0n) is 24.9. The second-order valence-electron chi connectivity index (χ2n) is 12.0. The Morgan fingerprint density at radius 3 is 2.09 bits per heavy atom. The molecule has 1 fully saturated rings. The number of thioether (sulfide) groups is 1. The van der Waals surface area contributed by atoms with Crippen LogP contribution in [0.3, 0.4) is 0 Å². The number of amides is 1. The summed E-state index contributed by atoms with van der Waals surface area (Å²) < 4.78 is 1.76. The summed E-state index contributed by atoms with van der Waals surface area (Å²) in [5.74, 6) is 0.0344. The third-order valence-electron chi connectivity index (χ3n) is 9.09. The summed E-state index contributed by atoms with van der Waals surface area (Å²) >= 11 is 1.33. The van der Waals surface area contributed by atoms with Crippen LogP contribution in [0.2, 0.25) is 0 Å². The number of para-hydroxylation sites is 2. The first kappa shape index (κ1) is 28.4. The Morgan fingerprint density at radius 1 is 0.818 bits per heavy atom. The average molecular weight is 598 g/mol. The largest absolute Gasteiger partial charge is 0.280 e. The first-order valence-corrected chi connectivity index (χ1v) is 16.4. The van der Waals surface area contributed by atoms with E-state index in [9.17, 15) is 9.59 Å². The normalized spacial score (nSPS) is 14.9. The predicted octanol–water partition coefficient (Wildman–Crippen LogP) is 8.42. The van der Waals surface area contributed by atoms with Crippen LogP contribution in [0.25, 0.3) is 16.9 Å². The Labute approximate surface area is 262 Å². The molecule has 5 aromatic rings. The minimum absolute atomic E-state index is 0.00631. The third-order valence-corrected chi connectivity index (χ3v) is 10.0. The molecule has 1 saturated carbocycles. The van der Waals surface area contributed by atoms with Gasteiger partial charge in [0.1, 0.15) is 0 Å². The molecule has 2 aliphatic rings. The topological polar surface area (TPSA) is 55.2 Å². The van der Waals surface area contributed by atoms with Crippen LogP contribution in [0.15, 0.2) is 119 Å². The van der Waals surface area contributed by atoms with Crippen molar-refractivity contribution in [2.24, 2.45) is 0 Å². The molecule has 1 aromatic heterocycles. The van der Waals surface area contributed by atoms with Crippen LogP contribution in [0.4, 0.5) is 11.4 Å². The summed E-state index contributed by atoms with van der Waals surface area (Å²) in [6.07, 6.45) is 6.29. The molecule has 220 valence electrons. The van der Waals surface area contributed by atoms with Gasteiger partial charge in [0, 0.05) is 22.4 Å². The van der Waals surface area contributed by atoms with Crippen LogP contribution in [-0.2, 0) is 16.6 Å². The number of anilines is 2. The second kappa shape index (κ2) is 11.9. The molecule has 2 aliphatic carbocycles. The van der Waals surface area contributed by atoms with Crippen molar-refractivity contribution < 1.29 is 4.79 Å². The fourth-order valence-electron chi connectivity index (χ4n) is 6.99. The smallest absolute Gasteiger partial charge is 0.263 e. The van der Waals surface area contributed by atoms with E-state index in [1.54, 1.807) is 9.47 Å². The molecule has 5 nitrogen and oxygen atoms in total. The average Bonchev–Trinajstić information content (AvgIpc) is 3.06. The van der Waals surface area contributed by atoms with Gasteiger partial charge in [-0.05, 0) is 68.1 Å². The monoisotopic (exact) mass is 597 g/mol. The van der Waals surface area contributed by atoms with E-state index >= 15 is 0 Å². The Balaban J connectivity index is 1.36. The predicted molar refractivity (Wildman–Crippen MR) is 179 cm³/mol. The first-order chi connectivity index (χ1) is 21.5. The molecule has 0 N–H and O–H groups in total. The highest BCUT2D eigenvalue weighted by Gasteiger charge is 2.43. The molecule has 0 bridgehead atoms. The summed E-state index contributed by atoms with van der Waals surface area (Å²) in [7, 11) is 0. The van der Waals surface area contributed by atoms with Crippen molar-refractivity contribution in [2.45, 2.75) is 56.0 Å². The number of aryl methyl sites for hydroxylation is 1. The van der Waals surface area contributed by atoms with Crippen molar-refractivity contribution in [1.29, 1.82) is 0 Å². The maximum Gasteiger partial charge on any atom is 0.263 e. The first-order valence-electron chi connectivity index (χ1n) is 15.4. The standard InChI is InChI=1S/C38H35N3O2S/c1-27-19-21-31(22-20-27)41-36(43)34-35(32-18-10-9-13-28(32)25-38(34)23-11-4-12-24-38)39-37(41)44-26-33(42)40(29-14-5-2-6-15-29)30-16-7-3-8-17-30/h2-3,5-10,13-22H,4,11-12,23-26H2,1H3. The molecule has 6 heteroatoms. The lowest BCUT2D eigenvalue weighted by Gasteiger charge is -2.42. The lowest BCUT2D eigenvalue weighted by atomic mass is 9.62. The van der Waals surface area contributed by atoms with Gasteiger partial charge in [0.25, 0.3) is 5.56 Å². The van der Waals surface area contributed by atoms with E-state index in [2.05, 4.69) is 18.2 Å². The highest BCUT2D eigenvalue weighted by molar-refractivity contribution is 7.99. The highest BCUT2D eigenvalue weighted by atomic mass is 32.2. The van der Waals surface area contributed by atoms with E-state index < -0.39 is 0 Å². The zero-order chi connectivity index (χ0) is 30.1. The van der Waals surface area contributed by atoms with Gasteiger partial charge in [-0.3, -0.25) is 19.1 Å². The maximum absolute atomic E-state index is 14.8. The maximum atomic E-state index is 14.8. The van der Waals surface area contributed by atoms with Gasteiger partial charge in [-0.15, -0.1) is 0 Å². The minimum atomic E-state index is -0.213.